The minimum absolute atomic E-state index is 0.185. The Morgan fingerprint density at radius 3 is 2.36 bits per heavy atom. The molecule has 3 unspecified atom stereocenters. The molecule has 2 aliphatic carbocycles. The van der Waals surface area contributed by atoms with Gasteiger partial charge in [0, 0.05) is 11.0 Å². The molecule has 2 fully saturated rings. The van der Waals surface area contributed by atoms with Gasteiger partial charge in [-0.15, -0.1) is 0 Å². The smallest absolute Gasteiger partial charge is 0.419 e. The van der Waals surface area contributed by atoms with Crippen molar-refractivity contribution in [1.29, 1.82) is 0 Å². The average molecular weight is 355 g/mol. The molecule has 0 spiro atoms. The second kappa shape index (κ2) is 5.64. The van der Waals surface area contributed by atoms with Crippen molar-refractivity contribution in [3.8, 4) is 5.75 Å². The molecule has 25 heavy (non-hydrogen) atoms. The van der Waals surface area contributed by atoms with Gasteiger partial charge in [0.2, 0.25) is 0 Å². The molecule has 0 N–H and O–H groups in total. The highest BCUT2D eigenvalue weighted by Gasteiger charge is 2.59. The third kappa shape index (κ3) is 3.00. The van der Waals surface area contributed by atoms with E-state index in [9.17, 15) is 23.1 Å². The van der Waals surface area contributed by atoms with E-state index in [2.05, 4.69) is 0 Å². The standard InChI is InChI=1S/C19H23F3O3/c1-17(2,3)18(10-11-4-6-13(18)8-11)25-15-9-12(16(23)24)5-7-14(15)19(20,21)22/h5,7,9,11,13H,4,6,8,10H2,1-3H3,(H,23,24)/p-1. The van der Waals surface area contributed by atoms with Crippen LogP contribution in [-0.4, -0.2) is 11.6 Å². The SMILES string of the molecule is CC(C)(C)C1(Oc2cc(C(=O)[O-])ccc2C(F)(F)F)CC2CCC1C2. The highest BCUT2D eigenvalue weighted by molar-refractivity contribution is 5.86. The fourth-order valence-electron chi connectivity index (χ4n) is 4.64. The van der Waals surface area contributed by atoms with E-state index in [0.717, 1.165) is 37.5 Å². The molecule has 2 saturated carbocycles. The van der Waals surface area contributed by atoms with Crippen molar-refractivity contribution in [2.45, 2.75) is 58.2 Å². The van der Waals surface area contributed by atoms with Gasteiger partial charge < -0.3 is 14.6 Å². The number of carboxylic acid groups (broad SMARTS) is 1. The van der Waals surface area contributed by atoms with Crippen molar-refractivity contribution in [1.82, 2.24) is 0 Å². The van der Waals surface area contributed by atoms with Gasteiger partial charge in [0.25, 0.3) is 0 Å². The van der Waals surface area contributed by atoms with Gasteiger partial charge in [-0.3, -0.25) is 0 Å². The fraction of sp³-hybridized carbons (Fsp3) is 0.632. The first-order valence-corrected chi connectivity index (χ1v) is 8.55. The molecule has 2 bridgehead atoms. The minimum atomic E-state index is -4.61. The molecule has 0 aliphatic heterocycles. The number of carbonyl (C=O) groups is 1. The van der Waals surface area contributed by atoms with E-state index in [1.165, 1.54) is 0 Å². The summed E-state index contributed by atoms with van der Waals surface area (Å²) in [7, 11) is 0. The number of aromatic carboxylic acids is 1. The van der Waals surface area contributed by atoms with E-state index >= 15 is 0 Å². The number of hydrogen-bond donors (Lipinski definition) is 0. The Kier molecular flexibility index (Phi) is 4.08. The molecule has 3 nitrogen and oxygen atoms in total. The number of carbonyl (C=O) groups excluding carboxylic acids is 1. The largest absolute Gasteiger partial charge is 0.545 e. The summed E-state index contributed by atoms with van der Waals surface area (Å²) in [4.78, 5) is 11.1. The lowest BCUT2D eigenvalue weighted by Crippen LogP contribution is -2.52. The summed E-state index contributed by atoms with van der Waals surface area (Å²) >= 11 is 0. The van der Waals surface area contributed by atoms with Crippen molar-refractivity contribution < 1.29 is 27.8 Å². The number of benzene rings is 1. The first kappa shape index (κ1) is 18.1. The summed E-state index contributed by atoms with van der Waals surface area (Å²) in [5.41, 5.74) is -2.34. The number of ether oxygens (including phenoxy) is 1. The Bertz CT molecular complexity index is 690. The second-order valence-corrected chi connectivity index (χ2v) is 8.32. The Balaban J connectivity index is 2.08. The van der Waals surface area contributed by atoms with E-state index in [-0.39, 0.29) is 16.9 Å². The third-order valence-corrected chi connectivity index (χ3v) is 5.88. The zero-order valence-corrected chi connectivity index (χ0v) is 14.6. The summed E-state index contributed by atoms with van der Waals surface area (Å²) in [6.45, 7) is 5.93. The molecule has 0 aromatic heterocycles. The van der Waals surface area contributed by atoms with E-state index in [1.54, 1.807) is 0 Å². The van der Waals surface area contributed by atoms with Crippen molar-refractivity contribution in [3.63, 3.8) is 0 Å². The van der Waals surface area contributed by atoms with E-state index in [1.807, 2.05) is 20.8 Å². The van der Waals surface area contributed by atoms with Gasteiger partial charge in [0.1, 0.15) is 11.4 Å². The summed E-state index contributed by atoms with van der Waals surface area (Å²) in [6.07, 6.45) is -0.941. The maximum Gasteiger partial charge on any atom is 0.419 e. The molecule has 3 rings (SSSR count). The quantitative estimate of drug-likeness (QED) is 0.822. The molecule has 1 aromatic rings. The van der Waals surface area contributed by atoms with Crippen LogP contribution in [-0.2, 0) is 6.18 Å². The van der Waals surface area contributed by atoms with Crippen LogP contribution in [0.25, 0.3) is 0 Å². The van der Waals surface area contributed by atoms with Crippen LogP contribution in [0, 0.1) is 17.3 Å². The van der Waals surface area contributed by atoms with Gasteiger partial charge in [0.15, 0.2) is 0 Å². The Morgan fingerprint density at radius 2 is 1.92 bits per heavy atom. The van der Waals surface area contributed by atoms with Crippen molar-refractivity contribution in [3.05, 3.63) is 29.3 Å². The average Bonchev–Trinajstić information content (AvgIpc) is 3.06. The molecule has 0 radical (unpaired) electrons. The van der Waals surface area contributed by atoms with Crippen LogP contribution in [0.2, 0.25) is 0 Å². The summed E-state index contributed by atoms with van der Waals surface area (Å²) < 4.78 is 46.4. The summed E-state index contributed by atoms with van der Waals surface area (Å²) in [6, 6.07) is 2.64. The predicted molar refractivity (Wildman–Crippen MR) is 84.0 cm³/mol. The second-order valence-electron chi connectivity index (χ2n) is 8.32. The van der Waals surface area contributed by atoms with Crippen LogP contribution in [0.1, 0.15) is 62.4 Å². The lowest BCUT2D eigenvalue weighted by atomic mass is 9.67. The van der Waals surface area contributed by atoms with Gasteiger partial charge in [-0.1, -0.05) is 26.8 Å². The molecular weight excluding hydrogens is 333 g/mol. The zero-order chi connectivity index (χ0) is 18.6. The number of carboxylic acids is 1. The molecule has 0 heterocycles. The van der Waals surface area contributed by atoms with Gasteiger partial charge >= 0.3 is 6.18 Å². The lowest BCUT2D eigenvalue weighted by Gasteiger charge is -2.48. The molecular formula is C19H22F3O3-. The van der Waals surface area contributed by atoms with Gasteiger partial charge in [-0.2, -0.15) is 13.2 Å². The van der Waals surface area contributed by atoms with Crippen molar-refractivity contribution in [2.75, 3.05) is 0 Å². The molecule has 138 valence electrons. The van der Waals surface area contributed by atoms with E-state index in [0.29, 0.717) is 12.3 Å². The van der Waals surface area contributed by atoms with E-state index < -0.39 is 29.1 Å². The number of fused-ring (bicyclic) bond motifs is 2. The van der Waals surface area contributed by atoms with Crippen LogP contribution < -0.4 is 9.84 Å². The predicted octanol–water partition coefficient (Wildman–Crippen LogP) is 4.05. The normalized spacial score (nSPS) is 29.0. The first-order chi connectivity index (χ1) is 11.4. The molecule has 6 heteroatoms. The molecule has 0 amide bonds. The van der Waals surface area contributed by atoms with Crippen LogP contribution in [0.15, 0.2) is 18.2 Å². The van der Waals surface area contributed by atoms with Crippen LogP contribution in [0.4, 0.5) is 13.2 Å². The summed E-state index contributed by atoms with van der Waals surface area (Å²) in [5, 5.41) is 11.1. The minimum Gasteiger partial charge on any atom is -0.545 e. The lowest BCUT2D eigenvalue weighted by molar-refractivity contribution is -0.255. The highest BCUT2D eigenvalue weighted by atomic mass is 19.4. The third-order valence-electron chi connectivity index (χ3n) is 5.88. The topological polar surface area (TPSA) is 49.4 Å². The maximum atomic E-state index is 13.4. The molecule has 0 saturated heterocycles. The Hall–Kier alpha value is -1.72. The molecule has 1 aromatic carbocycles. The molecule has 3 atom stereocenters. The first-order valence-electron chi connectivity index (χ1n) is 8.55. The van der Waals surface area contributed by atoms with Crippen LogP contribution in [0.5, 0.6) is 5.75 Å². The number of halogens is 3. The van der Waals surface area contributed by atoms with Gasteiger partial charge in [0.05, 0.1) is 11.5 Å². The number of alkyl halides is 3. The Labute approximate surface area is 145 Å². The zero-order valence-electron chi connectivity index (χ0n) is 14.6. The summed E-state index contributed by atoms with van der Waals surface area (Å²) in [5.74, 6) is -1.28. The number of hydrogen-bond acceptors (Lipinski definition) is 3. The molecule has 2 aliphatic rings. The van der Waals surface area contributed by atoms with Crippen LogP contribution in [0.3, 0.4) is 0 Å². The van der Waals surface area contributed by atoms with Crippen LogP contribution >= 0.6 is 0 Å². The maximum absolute atomic E-state index is 13.4. The highest BCUT2D eigenvalue weighted by Crippen LogP contribution is 2.59. The monoisotopic (exact) mass is 355 g/mol. The number of rotatable bonds is 3. The van der Waals surface area contributed by atoms with Gasteiger partial charge in [-0.05, 0) is 49.7 Å². The van der Waals surface area contributed by atoms with E-state index in [4.69, 9.17) is 4.74 Å². The van der Waals surface area contributed by atoms with Crippen molar-refractivity contribution >= 4 is 5.97 Å². The Morgan fingerprint density at radius 1 is 1.24 bits per heavy atom. The van der Waals surface area contributed by atoms with Gasteiger partial charge in [-0.25, -0.2) is 0 Å². The van der Waals surface area contributed by atoms with Crippen molar-refractivity contribution in [2.24, 2.45) is 17.3 Å². The fourth-order valence-corrected chi connectivity index (χ4v) is 4.64.